The summed E-state index contributed by atoms with van der Waals surface area (Å²) in [5, 5.41) is 19.4. The summed E-state index contributed by atoms with van der Waals surface area (Å²) >= 11 is 0. The van der Waals surface area contributed by atoms with Crippen molar-refractivity contribution in [3.8, 4) is 0 Å². The highest BCUT2D eigenvalue weighted by Crippen LogP contribution is 2.05. The van der Waals surface area contributed by atoms with Crippen LogP contribution in [-0.4, -0.2) is 108 Å². The quantitative estimate of drug-likeness (QED) is 0.701. The minimum Gasteiger partial charge on any atom is -0.392 e. The van der Waals surface area contributed by atoms with Crippen molar-refractivity contribution in [3.63, 3.8) is 0 Å². The largest absolute Gasteiger partial charge is 0.392 e. The van der Waals surface area contributed by atoms with Gasteiger partial charge in [0, 0.05) is 64.6 Å². The Labute approximate surface area is 140 Å². The Morgan fingerprint density at radius 2 is 1.39 bits per heavy atom. The van der Waals surface area contributed by atoms with Gasteiger partial charge in [0.1, 0.15) is 0 Å². The van der Waals surface area contributed by atoms with E-state index < -0.39 is 0 Å². The van der Waals surface area contributed by atoms with Crippen LogP contribution in [0.3, 0.4) is 0 Å². The van der Waals surface area contributed by atoms with E-state index in [1.165, 1.54) is 0 Å². The van der Waals surface area contributed by atoms with Gasteiger partial charge in [0.25, 0.3) is 0 Å². The molecule has 2 aliphatic rings. The third-order valence-corrected chi connectivity index (χ3v) is 4.34. The van der Waals surface area contributed by atoms with Gasteiger partial charge in [0.2, 0.25) is 0 Å². The van der Waals surface area contributed by atoms with Crippen molar-refractivity contribution in [1.29, 1.82) is 0 Å². The van der Waals surface area contributed by atoms with E-state index in [4.69, 9.17) is 0 Å². The average molecular weight is 324 g/mol. The second-order valence-electron chi connectivity index (χ2n) is 6.81. The molecule has 2 heterocycles. The van der Waals surface area contributed by atoms with Gasteiger partial charge in [-0.25, -0.2) is 0 Å². The lowest BCUT2D eigenvalue weighted by Crippen LogP contribution is -2.41. The number of aliphatic hydroxyl groups excluding tert-OH is 2. The fourth-order valence-corrected chi connectivity index (χ4v) is 3.20. The van der Waals surface area contributed by atoms with Gasteiger partial charge in [-0.1, -0.05) is 6.08 Å². The van der Waals surface area contributed by atoms with Crippen molar-refractivity contribution in [2.24, 2.45) is 4.99 Å². The number of hydrogen-bond acceptors (Lipinski definition) is 6. The fourth-order valence-electron chi connectivity index (χ4n) is 3.20. The molecule has 0 radical (unpaired) electrons. The molecular weight excluding hydrogens is 292 g/mol. The predicted molar refractivity (Wildman–Crippen MR) is 94.1 cm³/mol. The summed E-state index contributed by atoms with van der Waals surface area (Å²) in [7, 11) is 0. The summed E-state index contributed by atoms with van der Waals surface area (Å²) in [4.78, 5) is 11.6. The van der Waals surface area contributed by atoms with Crippen LogP contribution in [0.25, 0.3) is 0 Å². The molecule has 0 unspecified atom stereocenters. The van der Waals surface area contributed by atoms with Crippen molar-refractivity contribution in [3.05, 3.63) is 12.2 Å². The first kappa shape index (κ1) is 18.5. The van der Waals surface area contributed by atoms with Crippen LogP contribution in [0.15, 0.2) is 17.1 Å². The standard InChI is InChI=1S/C17H32N4O2/c1-15(22)12-19-6-7-20(13-16(2)23)9-11-21(10-8-19)14-17-4-3-5-18-17/h3-4,15-16,22-23H,5-14H2,1-2H3/t15-,16-/m0/s1. The van der Waals surface area contributed by atoms with Crippen molar-refractivity contribution in [2.75, 3.05) is 65.4 Å². The number of rotatable bonds is 6. The van der Waals surface area contributed by atoms with Gasteiger partial charge in [0.05, 0.1) is 18.8 Å². The Morgan fingerprint density at radius 1 is 0.913 bits per heavy atom. The second-order valence-corrected chi connectivity index (χ2v) is 6.81. The summed E-state index contributed by atoms with van der Waals surface area (Å²) in [6.45, 7) is 12.6. The minimum atomic E-state index is -0.309. The Balaban J connectivity index is 1.96. The molecule has 2 rings (SSSR count). The number of nitrogens with zero attached hydrogens (tertiary/aromatic N) is 4. The summed E-state index contributed by atoms with van der Waals surface area (Å²) in [5.74, 6) is 0. The van der Waals surface area contributed by atoms with Gasteiger partial charge in [-0.05, 0) is 19.9 Å². The minimum absolute atomic E-state index is 0.309. The lowest BCUT2D eigenvalue weighted by molar-refractivity contribution is 0.102. The third kappa shape index (κ3) is 7.10. The highest BCUT2D eigenvalue weighted by atomic mass is 16.3. The Morgan fingerprint density at radius 3 is 1.78 bits per heavy atom. The first-order valence-corrected chi connectivity index (χ1v) is 8.76. The van der Waals surface area contributed by atoms with Crippen LogP contribution < -0.4 is 0 Å². The van der Waals surface area contributed by atoms with Crippen LogP contribution in [0.1, 0.15) is 13.8 Å². The van der Waals surface area contributed by atoms with Gasteiger partial charge in [-0.3, -0.25) is 19.7 Å². The molecular formula is C17H32N4O2. The van der Waals surface area contributed by atoms with E-state index >= 15 is 0 Å². The maximum absolute atomic E-state index is 9.71. The number of β-amino-alcohol motifs (C(OH)–C–C–N with tert-alkyl or cyclic N) is 2. The van der Waals surface area contributed by atoms with Crippen molar-refractivity contribution < 1.29 is 10.2 Å². The van der Waals surface area contributed by atoms with E-state index in [1.54, 1.807) is 0 Å². The molecule has 1 saturated heterocycles. The Hall–Kier alpha value is -0.790. The molecule has 2 N–H and O–H groups in total. The van der Waals surface area contributed by atoms with Gasteiger partial charge in [-0.15, -0.1) is 0 Å². The van der Waals surface area contributed by atoms with Crippen LogP contribution in [0, 0.1) is 0 Å². The van der Waals surface area contributed by atoms with E-state index in [-0.39, 0.29) is 12.2 Å². The molecule has 6 heteroatoms. The third-order valence-electron chi connectivity index (χ3n) is 4.34. The molecule has 1 fully saturated rings. The maximum atomic E-state index is 9.71. The molecule has 132 valence electrons. The molecule has 23 heavy (non-hydrogen) atoms. The van der Waals surface area contributed by atoms with Gasteiger partial charge >= 0.3 is 0 Å². The summed E-state index contributed by atoms with van der Waals surface area (Å²) in [6, 6.07) is 0. The smallest absolute Gasteiger partial charge is 0.0639 e. The number of aliphatic hydroxyl groups is 2. The SMILES string of the molecule is C[C@H](O)CN1CCN(CC2=NCC=C2)CCN(C[C@H](C)O)CC1. The number of aliphatic imine (C=N–C) groups is 1. The van der Waals surface area contributed by atoms with Crippen LogP contribution >= 0.6 is 0 Å². The van der Waals surface area contributed by atoms with E-state index in [9.17, 15) is 10.2 Å². The lowest BCUT2D eigenvalue weighted by atomic mass is 10.3. The average Bonchev–Trinajstić information content (AvgIpc) is 2.99. The van der Waals surface area contributed by atoms with Crippen LogP contribution in [-0.2, 0) is 0 Å². The molecule has 0 aliphatic carbocycles. The van der Waals surface area contributed by atoms with Crippen molar-refractivity contribution in [2.45, 2.75) is 26.1 Å². The lowest BCUT2D eigenvalue weighted by Gasteiger charge is -2.27. The highest BCUT2D eigenvalue weighted by Gasteiger charge is 2.19. The molecule has 0 aromatic carbocycles. The molecule has 0 amide bonds. The van der Waals surface area contributed by atoms with E-state index in [2.05, 4.69) is 31.8 Å². The first-order chi connectivity index (χ1) is 11.0. The van der Waals surface area contributed by atoms with Crippen molar-refractivity contribution >= 4 is 5.71 Å². The van der Waals surface area contributed by atoms with E-state index in [1.807, 2.05) is 13.8 Å². The van der Waals surface area contributed by atoms with E-state index in [0.717, 1.165) is 58.1 Å². The summed E-state index contributed by atoms with van der Waals surface area (Å²) in [6.07, 6.45) is 3.60. The summed E-state index contributed by atoms with van der Waals surface area (Å²) < 4.78 is 0. The normalized spacial score (nSPS) is 24.8. The first-order valence-electron chi connectivity index (χ1n) is 8.76. The Bertz CT molecular complexity index is 387. The summed E-state index contributed by atoms with van der Waals surface area (Å²) in [5.41, 5.74) is 1.16. The van der Waals surface area contributed by atoms with E-state index in [0.29, 0.717) is 13.1 Å². The zero-order chi connectivity index (χ0) is 16.7. The molecule has 0 aromatic heterocycles. The molecule has 6 nitrogen and oxygen atoms in total. The highest BCUT2D eigenvalue weighted by molar-refractivity contribution is 5.98. The fraction of sp³-hybridized carbons (Fsp3) is 0.824. The van der Waals surface area contributed by atoms with Gasteiger partial charge < -0.3 is 10.2 Å². The predicted octanol–water partition coefficient (Wildman–Crippen LogP) is -0.322. The van der Waals surface area contributed by atoms with Crippen LogP contribution in [0.4, 0.5) is 0 Å². The molecule has 2 aliphatic heterocycles. The zero-order valence-corrected chi connectivity index (χ0v) is 14.6. The maximum Gasteiger partial charge on any atom is 0.0639 e. The monoisotopic (exact) mass is 324 g/mol. The van der Waals surface area contributed by atoms with Crippen LogP contribution in [0.2, 0.25) is 0 Å². The molecule has 0 bridgehead atoms. The van der Waals surface area contributed by atoms with Crippen LogP contribution in [0.5, 0.6) is 0 Å². The molecule has 0 spiro atoms. The van der Waals surface area contributed by atoms with Gasteiger partial charge in [-0.2, -0.15) is 0 Å². The molecule has 2 atom stereocenters. The van der Waals surface area contributed by atoms with Gasteiger partial charge in [0.15, 0.2) is 0 Å². The second kappa shape index (κ2) is 9.49. The number of hydrogen-bond donors (Lipinski definition) is 2. The topological polar surface area (TPSA) is 62.5 Å². The Kier molecular flexibility index (Phi) is 7.65. The zero-order valence-electron chi connectivity index (χ0n) is 14.6. The molecule has 0 saturated carbocycles. The molecule has 0 aromatic rings. The van der Waals surface area contributed by atoms with Crippen molar-refractivity contribution in [1.82, 2.24) is 14.7 Å².